The summed E-state index contributed by atoms with van der Waals surface area (Å²) >= 11 is 0. The molecule has 3 N–H and O–H groups in total. The predicted octanol–water partition coefficient (Wildman–Crippen LogP) is 2.61. The zero-order valence-electron chi connectivity index (χ0n) is 18.6. The number of ether oxygens (including phenoxy) is 1. The zero-order chi connectivity index (χ0) is 21.7. The molecule has 0 unspecified atom stereocenters. The van der Waals surface area contributed by atoms with Gasteiger partial charge in [0.15, 0.2) is 5.96 Å². The van der Waals surface area contributed by atoms with Crippen LogP contribution in [0.2, 0.25) is 0 Å². The number of rotatable bonds is 10. The lowest BCUT2D eigenvalue weighted by atomic mass is 10.1. The van der Waals surface area contributed by atoms with Crippen molar-refractivity contribution in [3.63, 3.8) is 0 Å². The fourth-order valence-electron chi connectivity index (χ4n) is 3.34. The molecule has 176 valence electrons. The molecule has 1 aromatic carbocycles. The number of halogens is 1. The van der Waals surface area contributed by atoms with Gasteiger partial charge in [-0.2, -0.15) is 0 Å². The first-order valence-corrected chi connectivity index (χ1v) is 11.0. The van der Waals surface area contributed by atoms with Gasteiger partial charge in [0.1, 0.15) is 5.76 Å². The Kier molecular flexibility index (Phi) is 12.1. The lowest BCUT2D eigenvalue weighted by Gasteiger charge is -2.26. The third-order valence-corrected chi connectivity index (χ3v) is 5.00. The molecule has 1 amide bonds. The minimum Gasteiger partial charge on any atom is -0.467 e. The number of carbonyl (C=O) groups excluding carboxylic acids is 1. The second-order valence-electron chi connectivity index (χ2n) is 7.39. The van der Waals surface area contributed by atoms with Crippen LogP contribution in [0.3, 0.4) is 0 Å². The lowest BCUT2D eigenvalue weighted by molar-refractivity contribution is 0.0376. The van der Waals surface area contributed by atoms with Crippen molar-refractivity contribution in [3.8, 4) is 0 Å². The summed E-state index contributed by atoms with van der Waals surface area (Å²) in [5.41, 5.74) is 1.60. The van der Waals surface area contributed by atoms with Crippen molar-refractivity contribution in [2.75, 3.05) is 45.9 Å². The fourth-order valence-corrected chi connectivity index (χ4v) is 3.34. The molecule has 0 radical (unpaired) electrons. The van der Waals surface area contributed by atoms with E-state index in [-0.39, 0.29) is 29.9 Å². The molecule has 0 atom stereocenters. The quantitative estimate of drug-likeness (QED) is 0.181. The number of hydrogen-bond acceptors (Lipinski definition) is 5. The van der Waals surface area contributed by atoms with Gasteiger partial charge < -0.3 is 25.1 Å². The Morgan fingerprint density at radius 1 is 1.12 bits per heavy atom. The lowest BCUT2D eigenvalue weighted by Crippen LogP contribution is -2.40. The van der Waals surface area contributed by atoms with Crippen molar-refractivity contribution < 1.29 is 13.9 Å². The second-order valence-corrected chi connectivity index (χ2v) is 7.39. The Morgan fingerprint density at radius 2 is 1.97 bits per heavy atom. The molecule has 0 spiro atoms. The molecule has 32 heavy (non-hydrogen) atoms. The Morgan fingerprint density at radius 3 is 2.72 bits per heavy atom. The van der Waals surface area contributed by atoms with E-state index in [1.165, 1.54) is 0 Å². The van der Waals surface area contributed by atoms with Crippen LogP contribution in [0.1, 0.15) is 35.0 Å². The van der Waals surface area contributed by atoms with Gasteiger partial charge in [-0.15, -0.1) is 24.0 Å². The molecule has 9 heteroatoms. The summed E-state index contributed by atoms with van der Waals surface area (Å²) in [7, 11) is 0. The highest BCUT2D eigenvalue weighted by molar-refractivity contribution is 14.0. The largest absolute Gasteiger partial charge is 0.467 e. The zero-order valence-corrected chi connectivity index (χ0v) is 21.0. The Hall–Kier alpha value is -2.11. The average molecular weight is 555 g/mol. The molecule has 2 aromatic rings. The van der Waals surface area contributed by atoms with Crippen molar-refractivity contribution in [3.05, 3.63) is 59.5 Å². The Labute approximate surface area is 207 Å². The van der Waals surface area contributed by atoms with E-state index in [4.69, 9.17) is 9.15 Å². The number of hydrogen-bond donors (Lipinski definition) is 3. The second kappa shape index (κ2) is 14.9. The van der Waals surface area contributed by atoms with Crippen LogP contribution in [0, 0.1) is 0 Å². The molecule has 0 saturated carbocycles. The normalized spacial score (nSPS) is 14.5. The van der Waals surface area contributed by atoms with E-state index in [9.17, 15) is 4.79 Å². The van der Waals surface area contributed by atoms with E-state index in [2.05, 4.69) is 32.8 Å². The SMILES string of the molecule is CCNC(=NCc1cccc(C(=O)NCc2ccco2)c1)NCCCN1CCOCC1.I. The number of nitrogens with zero attached hydrogens (tertiary/aromatic N) is 2. The van der Waals surface area contributed by atoms with E-state index >= 15 is 0 Å². The van der Waals surface area contributed by atoms with Crippen molar-refractivity contribution in [2.24, 2.45) is 4.99 Å². The molecule has 0 bridgehead atoms. The summed E-state index contributed by atoms with van der Waals surface area (Å²) in [6.07, 6.45) is 2.65. The minimum atomic E-state index is -0.129. The molecular weight excluding hydrogens is 521 g/mol. The molecule has 1 fully saturated rings. The Bertz CT molecular complexity index is 823. The van der Waals surface area contributed by atoms with Crippen LogP contribution in [-0.2, 0) is 17.8 Å². The van der Waals surface area contributed by atoms with Gasteiger partial charge in [-0.1, -0.05) is 12.1 Å². The van der Waals surface area contributed by atoms with Crippen LogP contribution >= 0.6 is 24.0 Å². The first-order valence-electron chi connectivity index (χ1n) is 11.0. The number of amides is 1. The molecule has 1 aliphatic rings. The number of morpholine rings is 1. The van der Waals surface area contributed by atoms with Crippen molar-refractivity contribution in [2.45, 2.75) is 26.4 Å². The molecule has 3 rings (SSSR count). The predicted molar refractivity (Wildman–Crippen MR) is 136 cm³/mol. The number of carbonyl (C=O) groups is 1. The van der Waals surface area contributed by atoms with Crippen LogP contribution in [0.15, 0.2) is 52.1 Å². The third kappa shape index (κ3) is 9.17. The summed E-state index contributed by atoms with van der Waals surface area (Å²) in [6.45, 7) is 9.32. The number of guanidine groups is 1. The highest BCUT2D eigenvalue weighted by Crippen LogP contribution is 2.08. The minimum absolute atomic E-state index is 0. The highest BCUT2D eigenvalue weighted by atomic mass is 127. The van der Waals surface area contributed by atoms with E-state index < -0.39 is 0 Å². The number of benzene rings is 1. The van der Waals surface area contributed by atoms with Gasteiger partial charge in [-0.25, -0.2) is 4.99 Å². The molecular formula is C23H34IN5O3. The van der Waals surface area contributed by atoms with Gasteiger partial charge in [0.2, 0.25) is 0 Å². The Balaban J connectivity index is 0.00000363. The molecule has 1 saturated heterocycles. The molecule has 1 aromatic heterocycles. The van der Waals surface area contributed by atoms with E-state index in [0.29, 0.717) is 18.7 Å². The van der Waals surface area contributed by atoms with Gasteiger partial charge >= 0.3 is 0 Å². The van der Waals surface area contributed by atoms with Crippen LogP contribution < -0.4 is 16.0 Å². The van der Waals surface area contributed by atoms with Gasteiger partial charge in [-0.3, -0.25) is 9.69 Å². The molecule has 0 aliphatic carbocycles. The summed E-state index contributed by atoms with van der Waals surface area (Å²) in [5, 5.41) is 9.55. The summed E-state index contributed by atoms with van der Waals surface area (Å²) in [4.78, 5) is 19.5. The van der Waals surface area contributed by atoms with Gasteiger partial charge in [-0.05, 0) is 49.7 Å². The molecule has 1 aliphatic heterocycles. The van der Waals surface area contributed by atoms with Crippen LogP contribution in [0.5, 0.6) is 0 Å². The first kappa shape index (κ1) is 26.1. The van der Waals surface area contributed by atoms with Crippen molar-refractivity contribution in [1.29, 1.82) is 0 Å². The van der Waals surface area contributed by atoms with Crippen LogP contribution in [0.25, 0.3) is 0 Å². The molecule has 8 nitrogen and oxygen atoms in total. The van der Waals surface area contributed by atoms with Gasteiger partial charge in [0, 0.05) is 31.7 Å². The summed E-state index contributed by atoms with van der Waals surface area (Å²) in [6, 6.07) is 11.2. The fraction of sp³-hybridized carbons (Fsp3) is 0.478. The van der Waals surface area contributed by atoms with E-state index in [1.54, 1.807) is 18.4 Å². The first-order chi connectivity index (χ1) is 15.2. The van der Waals surface area contributed by atoms with Crippen LogP contribution in [0.4, 0.5) is 0 Å². The monoisotopic (exact) mass is 555 g/mol. The highest BCUT2D eigenvalue weighted by Gasteiger charge is 2.10. The topological polar surface area (TPSA) is 91.1 Å². The van der Waals surface area contributed by atoms with Gasteiger partial charge in [0.25, 0.3) is 5.91 Å². The third-order valence-electron chi connectivity index (χ3n) is 5.00. The number of furan rings is 1. The maximum Gasteiger partial charge on any atom is 0.251 e. The van der Waals surface area contributed by atoms with E-state index in [1.807, 2.05) is 24.3 Å². The van der Waals surface area contributed by atoms with Crippen molar-refractivity contribution in [1.82, 2.24) is 20.9 Å². The smallest absolute Gasteiger partial charge is 0.251 e. The molecule has 2 heterocycles. The average Bonchev–Trinajstić information content (AvgIpc) is 3.33. The van der Waals surface area contributed by atoms with Crippen molar-refractivity contribution >= 4 is 35.8 Å². The maximum absolute atomic E-state index is 12.4. The maximum atomic E-state index is 12.4. The van der Waals surface area contributed by atoms with E-state index in [0.717, 1.165) is 69.6 Å². The standard InChI is InChI=1S/C23H33N5O3.HI/c1-2-24-23(25-9-5-10-28-11-14-30-15-12-28)27-17-19-6-3-7-20(16-19)22(29)26-18-21-8-4-13-31-21;/h3-4,6-8,13,16H,2,5,9-12,14-15,17-18H2,1H3,(H,26,29)(H2,24,25,27);1H. The summed E-state index contributed by atoms with van der Waals surface area (Å²) in [5.74, 6) is 1.39. The van der Waals surface area contributed by atoms with Crippen LogP contribution in [-0.4, -0.2) is 62.7 Å². The van der Waals surface area contributed by atoms with Gasteiger partial charge in [0.05, 0.1) is 32.6 Å². The number of nitrogens with one attached hydrogen (secondary N) is 3. The number of aliphatic imine (C=N–C) groups is 1. The summed E-state index contributed by atoms with van der Waals surface area (Å²) < 4.78 is 10.6.